The highest BCUT2D eigenvalue weighted by atomic mass is 16.5. The lowest BCUT2D eigenvalue weighted by atomic mass is 10.0. The predicted octanol–water partition coefficient (Wildman–Crippen LogP) is 1.21. The zero-order valence-corrected chi connectivity index (χ0v) is 12.9. The fourth-order valence-corrected chi connectivity index (χ4v) is 2.20. The van der Waals surface area contributed by atoms with Crippen LogP contribution in [0.1, 0.15) is 27.2 Å². The molecule has 0 aliphatic rings. The fourth-order valence-electron chi connectivity index (χ4n) is 2.20. The van der Waals surface area contributed by atoms with Gasteiger partial charge in [-0.25, -0.2) is 9.78 Å². The van der Waals surface area contributed by atoms with Gasteiger partial charge < -0.3 is 15.0 Å². The summed E-state index contributed by atoms with van der Waals surface area (Å²) in [5, 5.41) is 2.69. The lowest BCUT2D eigenvalue weighted by Gasteiger charge is -2.16. The Morgan fingerprint density at radius 2 is 2.26 bits per heavy atom. The van der Waals surface area contributed by atoms with Gasteiger partial charge in [-0.3, -0.25) is 4.79 Å². The first-order valence-electron chi connectivity index (χ1n) is 6.98. The molecule has 0 spiro atoms. The highest BCUT2D eigenvalue weighted by molar-refractivity contribution is 5.98. The van der Waals surface area contributed by atoms with E-state index in [1.165, 1.54) is 13.4 Å². The van der Waals surface area contributed by atoms with Gasteiger partial charge in [0, 0.05) is 29.4 Å². The maximum Gasteiger partial charge on any atom is 0.328 e. The first-order chi connectivity index (χ1) is 11.0. The van der Waals surface area contributed by atoms with Crippen molar-refractivity contribution < 1.29 is 14.3 Å². The van der Waals surface area contributed by atoms with Crippen LogP contribution in [0.25, 0.3) is 0 Å². The average molecular weight is 311 g/mol. The van der Waals surface area contributed by atoms with E-state index < -0.39 is 12.0 Å². The summed E-state index contributed by atoms with van der Waals surface area (Å²) in [5.41, 5.74) is 2.62. The summed E-state index contributed by atoms with van der Waals surface area (Å²) >= 11 is 0. The Morgan fingerprint density at radius 3 is 2.83 bits per heavy atom. The predicted molar refractivity (Wildman–Crippen MR) is 84.7 cm³/mol. The third kappa shape index (κ3) is 3.98. The number of ether oxygens (including phenoxy) is 1. The monoisotopic (exact) mass is 311 g/mol. The first-order valence-corrected chi connectivity index (χ1v) is 6.98. The normalized spacial score (nSPS) is 11.3. The molecule has 1 amide bonds. The number of imidazole rings is 1. The summed E-state index contributed by atoms with van der Waals surface area (Å²) in [6, 6.07) is 4.27. The number of methoxy groups -OCH3 is 1. The number of H-pyrrole nitrogens is 1. The van der Waals surface area contributed by atoms with E-state index in [9.17, 15) is 9.59 Å². The largest absolute Gasteiger partial charge is 0.467 e. The summed E-state index contributed by atoms with van der Waals surface area (Å²) in [4.78, 5) is 31.1. The van der Waals surface area contributed by atoms with E-state index in [1.54, 1.807) is 31.3 Å². The maximum absolute atomic E-state index is 12.4. The van der Waals surface area contributed by atoms with Crippen LogP contribution >= 0.6 is 0 Å². The quantitative estimate of drug-likeness (QED) is 0.642. The Morgan fingerprint density at radius 1 is 1.48 bits per heavy atom. The van der Waals surface area contributed by atoms with Crippen molar-refractivity contribution in [2.75, 3.05) is 7.11 Å². The molecule has 1 aromatic heterocycles. The lowest BCUT2D eigenvalue weighted by molar-refractivity contribution is -0.142. The molecule has 1 aromatic carbocycles. The topological polar surface area (TPSA) is 84.1 Å². The molecule has 1 atom stereocenters. The second kappa shape index (κ2) is 7.27. The first kappa shape index (κ1) is 16.3. The molecule has 2 N–H and O–H groups in total. The molecule has 0 aliphatic heterocycles. The molecule has 0 saturated carbocycles. The van der Waals surface area contributed by atoms with Crippen molar-refractivity contribution in [3.05, 3.63) is 53.1 Å². The molecule has 0 saturated heterocycles. The third-order valence-corrected chi connectivity index (χ3v) is 3.41. The molecule has 0 radical (unpaired) electrons. The van der Waals surface area contributed by atoms with Crippen molar-refractivity contribution in [2.24, 2.45) is 0 Å². The third-order valence-electron chi connectivity index (χ3n) is 3.41. The van der Waals surface area contributed by atoms with Gasteiger partial charge >= 0.3 is 5.97 Å². The minimum atomic E-state index is -0.806. The maximum atomic E-state index is 12.4. The van der Waals surface area contributed by atoms with E-state index in [0.29, 0.717) is 11.1 Å². The number of rotatable bonds is 5. The van der Waals surface area contributed by atoms with Crippen molar-refractivity contribution in [3.8, 4) is 12.3 Å². The summed E-state index contributed by atoms with van der Waals surface area (Å²) in [5.74, 6) is 1.63. The lowest BCUT2D eigenvalue weighted by Crippen LogP contribution is -2.43. The van der Waals surface area contributed by atoms with Gasteiger partial charge in [-0.15, -0.1) is 6.42 Å². The molecule has 0 unspecified atom stereocenters. The fraction of sp³-hybridized carbons (Fsp3) is 0.235. The van der Waals surface area contributed by atoms with Crippen molar-refractivity contribution in [1.29, 1.82) is 0 Å². The molecule has 23 heavy (non-hydrogen) atoms. The Bertz CT molecular complexity index is 745. The van der Waals surface area contributed by atoms with Crippen LogP contribution in [0.15, 0.2) is 30.7 Å². The second-order valence-electron chi connectivity index (χ2n) is 5.00. The molecule has 6 nitrogen and oxygen atoms in total. The number of benzene rings is 1. The standard InChI is InChI=1S/C17H17N3O3/c1-4-12-5-6-14(11(2)7-12)16(21)20-15(17(22)23-3)8-13-9-18-10-19-13/h1,5-7,9-10,15H,8H2,2-3H3,(H,18,19)(H,20,21)/t15-/m1/s1. The van der Waals surface area contributed by atoms with Crippen LogP contribution in [0, 0.1) is 19.3 Å². The van der Waals surface area contributed by atoms with Crippen molar-refractivity contribution in [2.45, 2.75) is 19.4 Å². The van der Waals surface area contributed by atoms with Gasteiger partial charge in [-0.2, -0.15) is 0 Å². The van der Waals surface area contributed by atoms with Crippen molar-refractivity contribution in [1.82, 2.24) is 15.3 Å². The van der Waals surface area contributed by atoms with E-state index >= 15 is 0 Å². The molecule has 118 valence electrons. The number of carbonyl (C=O) groups excluding carboxylic acids is 2. The molecule has 6 heteroatoms. The Balaban J connectivity index is 2.17. The highest BCUT2D eigenvalue weighted by Crippen LogP contribution is 2.11. The number of amides is 1. The number of esters is 1. The van der Waals surface area contributed by atoms with Crippen LogP contribution < -0.4 is 5.32 Å². The number of nitrogens with zero attached hydrogens (tertiary/aromatic N) is 1. The van der Waals surface area contributed by atoms with Crippen LogP contribution in [0.4, 0.5) is 0 Å². The number of aromatic nitrogens is 2. The Kier molecular flexibility index (Phi) is 5.15. The van der Waals surface area contributed by atoms with E-state index in [1.807, 2.05) is 0 Å². The molecule has 0 fully saturated rings. The summed E-state index contributed by atoms with van der Waals surface area (Å²) in [6.45, 7) is 1.79. The average Bonchev–Trinajstić information content (AvgIpc) is 3.06. The molecule has 2 aromatic rings. The molecular formula is C17H17N3O3. The zero-order valence-electron chi connectivity index (χ0n) is 12.9. The Labute approximate surface area is 134 Å². The number of hydrogen-bond donors (Lipinski definition) is 2. The molecule has 0 aliphatic carbocycles. The highest BCUT2D eigenvalue weighted by Gasteiger charge is 2.23. The van der Waals surface area contributed by atoms with Crippen LogP contribution in [0.5, 0.6) is 0 Å². The molecule has 1 heterocycles. The van der Waals surface area contributed by atoms with Crippen LogP contribution in [-0.4, -0.2) is 35.0 Å². The number of aromatic amines is 1. The smallest absolute Gasteiger partial charge is 0.328 e. The van der Waals surface area contributed by atoms with Crippen LogP contribution in [0.2, 0.25) is 0 Å². The van der Waals surface area contributed by atoms with Gasteiger partial charge in [-0.05, 0) is 30.7 Å². The van der Waals surface area contributed by atoms with Gasteiger partial charge in [0.25, 0.3) is 5.91 Å². The minimum absolute atomic E-state index is 0.264. The van der Waals surface area contributed by atoms with Crippen molar-refractivity contribution >= 4 is 11.9 Å². The van der Waals surface area contributed by atoms with Gasteiger partial charge in [0.15, 0.2) is 0 Å². The number of terminal acetylenes is 1. The van der Waals surface area contributed by atoms with Crippen LogP contribution in [0.3, 0.4) is 0 Å². The van der Waals surface area contributed by atoms with Gasteiger partial charge in [0.05, 0.1) is 13.4 Å². The molecule has 2 rings (SSSR count). The summed E-state index contributed by atoms with van der Waals surface area (Å²) in [6.07, 6.45) is 8.70. The van der Waals surface area contributed by atoms with Crippen LogP contribution in [-0.2, 0) is 16.0 Å². The SMILES string of the molecule is C#Cc1ccc(C(=O)N[C@H](Cc2cnc[nH]2)C(=O)OC)c(C)c1. The summed E-state index contributed by atoms with van der Waals surface area (Å²) in [7, 11) is 1.28. The molecular weight excluding hydrogens is 294 g/mol. The Hall–Kier alpha value is -3.07. The van der Waals surface area contributed by atoms with E-state index in [0.717, 1.165) is 11.3 Å². The molecule has 0 bridgehead atoms. The summed E-state index contributed by atoms with van der Waals surface area (Å²) < 4.78 is 4.75. The number of hydrogen-bond acceptors (Lipinski definition) is 4. The van der Waals surface area contributed by atoms with Crippen molar-refractivity contribution in [3.63, 3.8) is 0 Å². The van der Waals surface area contributed by atoms with E-state index in [-0.39, 0.29) is 12.3 Å². The van der Waals surface area contributed by atoms with Gasteiger partial charge in [0.1, 0.15) is 6.04 Å². The second-order valence-corrected chi connectivity index (χ2v) is 5.00. The number of carbonyl (C=O) groups is 2. The van der Waals surface area contributed by atoms with Gasteiger partial charge in [-0.1, -0.05) is 5.92 Å². The zero-order chi connectivity index (χ0) is 16.8. The van der Waals surface area contributed by atoms with E-state index in [4.69, 9.17) is 11.2 Å². The van der Waals surface area contributed by atoms with Gasteiger partial charge in [0.2, 0.25) is 0 Å². The minimum Gasteiger partial charge on any atom is -0.467 e. The number of aryl methyl sites for hydroxylation is 1. The number of nitrogens with one attached hydrogen (secondary N) is 2. The van der Waals surface area contributed by atoms with E-state index in [2.05, 4.69) is 21.2 Å².